The van der Waals surface area contributed by atoms with E-state index in [-0.39, 0.29) is 17.9 Å². The molecular weight excluding hydrogens is 353 g/mol. The number of anilines is 1. The van der Waals surface area contributed by atoms with Crippen molar-refractivity contribution < 1.29 is 4.39 Å². The summed E-state index contributed by atoms with van der Waals surface area (Å²) in [6, 6.07) is 5.25. The van der Waals surface area contributed by atoms with E-state index < -0.39 is 0 Å². The number of halogens is 1. The van der Waals surface area contributed by atoms with Crippen LogP contribution in [-0.2, 0) is 6.42 Å². The first kappa shape index (κ1) is 17.3. The van der Waals surface area contributed by atoms with E-state index in [1.165, 1.54) is 18.9 Å². The Morgan fingerprint density at radius 2 is 2.00 bits per heavy atom. The molecule has 5 rings (SSSR count). The van der Waals surface area contributed by atoms with Crippen LogP contribution in [0.5, 0.6) is 0 Å². The number of allylic oxidation sites excluding steroid dienone is 1. The molecule has 0 radical (unpaired) electrons. The van der Waals surface area contributed by atoms with Crippen LogP contribution >= 0.6 is 0 Å². The Bertz CT molecular complexity index is 1080. The molecule has 1 saturated carbocycles. The number of hydrogen-bond donors (Lipinski definition) is 2. The molecular formula is C22H22FN5. The smallest absolute Gasteiger partial charge is 0.223 e. The first-order valence-electron chi connectivity index (χ1n) is 9.79. The van der Waals surface area contributed by atoms with Gasteiger partial charge in [0.25, 0.3) is 0 Å². The SMILES string of the molecule is N[C@H]1CCCC[C@H]1Nc1ncc2cncc(C3=Cc4ccc(F)cc4C3)c2n1. The monoisotopic (exact) mass is 375 g/mol. The van der Waals surface area contributed by atoms with Crippen molar-refractivity contribution in [1.82, 2.24) is 15.0 Å². The highest BCUT2D eigenvalue weighted by atomic mass is 19.1. The molecule has 6 heteroatoms. The number of benzene rings is 1. The number of nitrogens with two attached hydrogens (primary N) is 1. The van der Waals surface area contributed by atoms with E-state index in [9.17, 15) is 4.39 Å². The van der Waals surface area contributed by atoms with E-state index in [0.29, 0.717) is 12.4 Å². The van der Waals surface area contributed by atoms with Crippen molar-refractivity contribution in [3.8, 4) is 0 Å². The average Bonchev–Trinajstić information content (AvgIpc) is 3.12. The zero-order chi connectivity index (χ0) is 19.1. The molecule has 0 unspecified atom stereocenters. The van der Waals surface area contributed by atoms with Gasteiger partial charge < -0.3 is 11.1 Å². The normalized spacial score (nSPS) is 21.4. The third-order valence-electron chi connectivity index (χ3n) is 5.78. The summed E-state index contributed by atoms with van der Waals surface area (Å²) in [6.07, 6.45) is 12.6. The van der Waals surface area contributed by atoms with Gasteiger partial charge in [0.2, 0.25) is 5.95 Å². The molecule has 1 fully saturated rings. The molecule has 5 nitrogen and oxygen atoms in total. The van der Waals surface area contributed by atoms with Crippen LogP contribution in [0.25, 0.3) is 22.6 Å². The second kappa shape index (κ2) is 6.95. The Morgan fingerprint density at radius 1 is 1.11 bits per heavy atom. The van der Waals surface area contributed by atoms with Gasteiger partial charge >= 0.3 is 0 Å². The summed E-state index contributed by atoms with van der Waals surface area (Å²) in [6.45, 7) is 0. The van der Waals surface area contributed by atoms with Crippen molar-refractivity contribution in [3.63, 3.8) is 0 Å². The van der Waals surface area contributed by atoms with Gasteiger partial charge in [-0.2, -0.15) is 0 Å². The highest BCUT2D eigenvalue weighted by Gasteiger charge is 2.23. The summed E-state index contributed by atoms with van der Waals surface area (Å²) >= 11 is 0. The van der Waals surface area contributed by atoms with Crippen LogP contribution in [0.15, 0.2) is 36.8 Å². The molecule has 2 aliphatic rings. The summed E-state index contributed by atoms with van der Waals surface area (Å²) in [4.78, 5) is 13.6. The van der Waals surface area contributed by atoms with Crippen LogP contribution in [0.1, 0.15) is 42.4 Å². The van der Waals surface area contributed by atoms with Crippen molar-refractivity contribution >= 4 is 28.5 Å². The van der Waals surface area contributed by atoms with Crippen molar-refractivity contribution in [3.05, 3.63) is 59.3 Å². The fourth-order valence-electron chi connectivity index (χ4n) is 4.25. The first-order chi connectivity index (χ1) is 13.7. The Kier molecular flexibility index (Phi) is 4.28. The highest BCUT2D eigenvalue weighted by Crippen LogP contribution is 2.34. The van der Waals surface area contributed by atoms with Crippen molar-refractivity contribution in [1.29, 1.82) is 0 Å². The standard InChI is InChI=1S/C22H22FN5/c23-17-6-5-13-7-15(8-14(13)9-17)18-12-25-10-16-11-26-22(28-21(16)18)27-20-4-2-1-3-19(20)24/h5-7,9-12,19-20H,1-4,8,24H2,(H,26,27,28)/t19-,20+/m0/s1. The number of aromatic nitrogens is 3. The number of rotatable bonds is 3. The number of fused-ring (bicyclic) bond motifs is 2. The fraction of sp³-hybridized carbons (Fsp3) is 0.318. The summed E-state index contributed by atoms with van der Waals surface area (Å²) < 4.78 is 13.6. The Balaban J connectivity index is 1.50. The Labute approximate surface area is 162 Å². The second-order valence-corrected chi connectivity index (χ2v) is 7.71. The third-order valence-corrected chi connectivity index (χ3v) is 5.78. The number of nitrogens with zero attached hydrogens (tertiary/aromatic N) is 3. The zero-order valence-electron chi connectivity index (χ0n) is 15.5. The van der Waals surface area contributed by atoms with Gasteiger partial charge in [0.15, 0.2) is 0 Å². The molecule has 2 heterocycles. The molecule has 3 N–H and O–H groups in total. The molecule has 3 aromatic rings. The van der Waals surface area contributed by atoms with Gasteiger partial charge in [-0.3, -0.25) is 4.98 Å². The highest BCUT2D eigenvalue weighted by molar-refractivity contribution is 5.97. The summed E-state index contributed by atoms with van der Waals surface area (Å²) in [5, 5.41) is 4.32. The summed E-state index contributed by atoms with van der Waals surface area (Å²) in [5.41, 5.74) is 11.2. The predicted molar refractivity (Wildman–Crippen MR) is 109 cm³/mol. The molecule has 28 heavy (non-hydrogen) atoms. The lowest BCUT2D eigenvalue weighted by molar-refractivity contribution is 0.402. The molecule has 2 atom stereocenters. The minimum atomic E-state index is -0.206. The lowest BCUT2D eigenvalue weighted by Crippen LogP contribution is -2.42. The average molecular weight is 375 g/mol. The van der Waals surface area contributed by atoms with Crippen LogP contribution in [-0.4, -0.2) is 27.0 Å². The molecule has 1 aromatic carbocycles. The molecule has 142 valence electrons. The van der Waals surface area contributed by atoms with Gasteiger partial charge in [-0.1, -0.05) is 25.0 Å². The maximum Gasteiger partial charge on any atom is 0.223 e. The predicted octanol–water partition coefficient (Wildman–Crippen LogP) is 3.94. The van der Waals surface area contributed by atoms with E-state index in [4.69, 9.17) is 10.7 Å². The third kappa shape index (κ3) is 3.14. The molecule has 0 aliphatic heterocycles. The van der Waals surface area contributed by atoms with Crippen molar-refractivity contribution in [2.24, 2.45) is 5.73 Å². The zero-order valence-corrected chi connectivity index (χ0v) is 15.5. The van der Waals surface area contributed by atoms with Crippen molar-refractivity contribution in [2.75, 3.05) is 5.32 Å². The van der Waals surface area contributed by atoms with E-state index in [1.807, 2.05) is 12.3 Å². The van der Waals surface area contributed by atoms with E-state index in [2.05, 4.69) is 21.4 Å². The van der Waals surface area contributed by atoms with E-state index >= 15 is 0 Å². The maximum atomic E-state index is 13.6. The van der Waals surface area contributed by atoms with Gasteiger partial charge in [-0.15, -0.1) is 0 Å². The minimum absolute atomic E-state index is 0.131. The van der Waals surface area contributed by atoms with E-state index in [0.717, 1.165) is 46.0 Å². The Morgan fingerprint density at radius 3 is 2.89 bits per heavy atom. The van der Waals surface area contributed by atoms with Crippen LogP contribution in [0.3, 0.4) is 0 Å². The van der Waals surface area contributed by atoms with Crippen LogP contribution in [0.2, 0.25) is 0 Å². The molecule has 2 aromatic heterocycles. The molecule has 0 spiro atoms. The topological polar surface area (TPSA) is 76.7 Å². The molecule has 0 amide bonds. The summed E-state index contributed by atoms with van der Waals surface area (Å²) in [7, 11) is 0. The number of nitrogens with one attached hydrogen (secondary N) is 1. The van der Waals surface area contributed by atoms with Gasteiger partial charge in [-0.05, 0) is 48.1 Å². The molecule has 0 bridgehead atoms. The number of pyridine rings is 1. The van der Waals surface area contributed by atoms with Gasteiger partial charge in [0.05, 0.1) is 5.52 Å². The van der Waals surface area contributed by atoms with Gasteiger partial charge in [0.1, 0.15) is 5.82 Å². The van der Waals surface area contributed by atoms with E-state index in [1.54, 1.807) is 18.5 Å². The minimum Gasteiger partial charge on any atom is -0.350 e. The van der Waals surface area contributed by atoms with Crippen LogP contribution in [0.4, 0.5) is 10.3 Å². The van der Waals surface area contributed by atoms with Crippen molar-refractivity contribution in [2.45, 2.75) is 44.2 Å². The largest absolute Gasteiger partial charge is 0.350 e. The Hall–Kier alpha value is -2.86. The first-order valence-corrected chi connectivity index (χ1v) is 9.79. The second-order valence-electron chi connectivity index (χ2n) is 7.71. The molecule has 2 aliphatic carbocycles. The number of hydrogen-bond acceptors (Lipinski definition) is 5. The van der Waals surface area contributed by atoms with Gasteiger partial charge in [-0.25, -0.2) is 14.4 Å². The fourth-order valence-corrected chi connectivity index (χ4v) is 4.25. The van der Waals surface area contributed by atoms with Crippen LogP contribution < -0.4 is 11.1 Å². The lowest BCUT2D eigenvalue weighted by Gasteiger charge is -2.29. The quantitative estimate of drug-likeness (QED) is 0.725. The summed E-state index contributed by atoms with van der Waals surface area (Å²) in [5.74, 6) is 0.395. The van der Waals surface area contributed by atoms with Gasteiger partial charge in [0, 0.05) is 41.6 Å². The van der Waals surface area contributed by atoms with Crippen LogP contribution in [0, 0.1) is 5.82 Å². The lowest BCUT2D eigenvalue weighted by atomic mass is 9.91. The maximum absolute atomic E-state index is 13.6. The molecule has 0 saturated heterocycles.